The first kappa shape index (κ1) is 12.4. The molecule has 1 aliphatic carbocycles. The topological polar surface area (TPSA) is 52.6 Å². The highest BCUT2D eigenvalue weighted by Crippen LogP contribution is 2.52. The van der Waals surface area contributed by atoms with Crippen LogP contribution < -0.4 is 0 Å². The Balaban J connectivity index is 2.08. The molecule has 1 unspecified atom stereocenters. The van der Waals surface area contributed by atoms with Crippen LogP contribution in [0.1, 0.15) is 53.4 Å². The molecule has 1 spiro atoms. The molecule has 1 atom stereocenters. The second-order valence-electron chi connectivity index (χ2n) is 6.11. The van der Waals surface area contributed by atoms with Crippen molar-refractivity contribution < 1.29 is 19.1 Å². The van der Waals surface area contributed by atoms with Gasteiger partial charge in [-0.15, -0.1) is 0 Å². The summed E-state index contributed by atoms with van der Waals surface area (Å²) in [6, 6.07) is 0. The fourth-order valence-electron chi connectivity index (χ4n) is 2.01. The van der Waals surface area contributed by atoms with Gasteiger partial charge in [0.05, 0.1) is 5.41 Å². The third-order valence-electron chi connectivity index (χ3n) is 3.96. The maximum atomic E-state index is 12.0. The minimum atomic E-state index is -1.08. The van der Waals surface area contributed by atoms with Crippen LogP contribution in [0, 0.1) is 5.41 Å². The number of rotatable bonds is 3. The van der Waals surface area contributed by atoms with Crippen LogP contribution in [0.3, 0.4) is 0 Å². The van der Waals surface area contributed by atoms with Gasteiger partial charge in [-0.2, -0.15) is 0 Å². The number of carbonyl (C=O) groups is 2. The Labute approximate surface area is 102 Å². The molecule has 1 heterocycles. The minimum absolute atomic E-state index is 0.317. The number of esters is 2. The highest BCUT2D eigenvalue weighted by Gasteiger charge is 2.63. The van der Waals surface area contributed by atoms with Gasteiger partial charge in [0.15, 0.2) is 0 Å². The predicted molar refractivity (Wildman–Crippen MR) is 61.2 cm³/mol. The van der Waals surface area contributed by atoms with Crippen LogP contribution in [-0.2, 0) is 19.1 Å². The molecule has 4 nitrogen and oxygen atoms in total. The highest BCUT2D eigenvalue weighted by atomic mass is 16.6. The van der Waals surface area contributed by atoms with Gasteiger partial charge in [-0.05, 0) is 40.0 Å². The SMILES string of the molecule is CCC(C)(C)C(=O)OC1(C)CC2(CC2)OC1=O. The van der Waals surface area contributed by atoms with Gasteiger partial charge in [0, 0.05) is 6.42 Å². The van der Waals surface area contributed by atoms with Gasteiger partial charge in [-0.3, -0.25) is 4.79 Å². The first-order valence-electron chi connectivity index (χ1n) is 6.20. The summed E-state index contributed by atoms with van der Waals surface area (Å²) in [6.45, 7) is 7.24. The number of hydrogen-bond acceptors (Lipinski definition) is 4. The van der Waals surface area contributed by atoms with Gasteiger partial charge in [-0.25, -0.2) is 4.79 Å². The van der Waals surface area contributed by atoms with Crippen LogP contribution in [0.25, 0.3) is 0 Å². The van der Waals surface area contributed by atoms with E-state index in [4.69, 9.17) is 9.47 Å². The predicted octanol–water partition coefficient (Wildman–Crippen LogP) is 2.20. The van der Waals surface area contributed by atoms with Crippen LogP contribution in [0.5, 0.6) is 0 Å². The van der Waals surface area contributed by atoms with E-state index in [0.717, 1.165) is 12.8 Å². The average molecular weight is 240 g/mol. The first-order valence-corrected chi connectivity index (χ1v) is 6.20. The summed E-state index contributed by atoms with van der Waals surface area (Å²) >= 11 is 0. The Morgan fingerprint density at radius 2 is 2.06 bits per heavy atom. The van der Waals surface area contributed by atoms with Crippen LogP contribution in [0.15, 0.2) is 0 Å². The summed E-state index contributed by atoms with van der Waals surface area (Å²) in [5.74, 6) is -0.715. The Hall–Kier alpha value is -1.06. The molecule has 2 fully saturated rings. The second kappa shape index (κ2) is 3.47. The highest BCUT2D eigenvalue weighted by molar-refractivity contribution is 5.87. The first-order chi connectivity index (χ1) is 7.73. The van der Waals surface area contributed by atoms with E-state index in [1.165, 1.54) is 0 Å². The fraction of sp³-hybridized carbons (Fsp3) is 0.846. The minimum Gasteiger partial charge on any atom is -0.456 e. The van der Waals surface area contributed by atoms with E-state index in [1.54, 1.807) is 6.92 Å². The molecule has 0 aromatic rings. The molecule has 0 bridgehead atoms. The molecule has 1 saturated carbocycles. The van der Waals surface area contributed by atoms with E-state index in [-0.39, 0.29) is 11.6 Å². The van der Waals surface area contributed by atoms with E-state index in [2.05, 4.69) is 0 Å². The van der Waals surface area contributed by atoms with Crippen LogP contribution in [0.2, 0.25) is 0 Å². The second-order valence-corrected chi connectivity index (χ2v) is 6.11. The zero-order chi connectivity index (χ0) is 12.9. The summed E-state index contributed by atoms with van der Waals surface area (Å²) in [4.78, 5) is 23.8. The molecule has 0 radical (unpaired) electrons. The standard InChI is InChI=1S/C13H20O4/c1-5-11(2,3)9(14)16-12(4)8-13(6-7-13)17-10(12)15/h5-8H2,1-4H3. The monoisotopic (exact) mass is 240 g/mol. The lowest BCUT2D eigenvalue weighted by atomic mass is 9.90. The lowest BCUT2D eigenvalue weighted by Gasteiger charge is -2.27. The molecule has 17 heavy (non-hydrogen) atoms. The molecule has 0 amide bonds. The van der Waals surface area contributed by atoms with E-state index in [0.29, 0.717) is 12.8 Å². The molecule has 2 rings (SSSR count). The van der Waals surface area contributed by atoms with E-state index >= 15 is 0 Å². The number of hydrogen-bond donors (Lipinski definition) is 0. The quantitative estimate of drug-likeness (QED) is 0.710. The molecule has 0 aromatic heterocycles. The maximum Gasteiger partial charge on any atom is 0.351 e. The molecule has 0 aromatic carbocycles. The van der Waals surface area contributed by atoms with Crippen molar-refractivity contribution in [2.45, 2.75) is 64.6 Å². The molecule has 4 heteroatoms. The Kier molecular flexibility index (Phi) is 2.53. The lowest BCUT2D eigenvalue weighted by molar-refractivity contribution is -0.178. The lowest BCUT2D eigenvalue weighted by Crippen LogP contribution is -2.40. The average Bonchev–Trinajstić information content (AvgIpc) is 2.91. The van der Waals surface area contributed by atoms with E-state index < -0.39 is 17.0 Å². The summed E-state index contributed by atoms with van der Waals surface area (Å²) in [6.07, 6.45) is 2.97. The van der Waals surface area contributed by atoms with E-state index in [1.807, 2.05) is 20.8 Å². The summed E-state index contributed by atoms with van der Waals surface area (Å²) < 4.78 is 10.7. The molecule has 2 aliphatic rings. The van der Waals surface area contributed by atoms with Crippen molar-refractivity contribution in [3.8, 4) is 0 Å². The maximum absolute atomic E-state index is 12.0. The van der Waals surface area contributed by atoms with Gasteiger partial charge < -0.3 is 9.47 Å². The van der Waals surface area contributed by atoms with Gasteiger partial charge in [0.1, 0.15) is 5.60 Å². The summed E-state index contributed by atoms with van der Waals surface area (Å²) in [7, 11) is 0. The molecule has 1 saturated heterocycles. The zero-order valence-corrected chi connectivity index (χ0v) is 11.0. The van der Waals surface area contributed by atoms with Crippen molar-refractivity contribution in [2.75, 3.05) is 0 Å². The van der Waals surface area contributed by atoms with Crippen LogP contribution >= 0.6 is 0 Å². The van der Waals surface area contributed by atoms with Crippen molar-refractivity contribution in [2.24, 2.45) is 5.41 Å². The third-order valence-corrected chi connectivity index (χ3v) is 3.96. The zero-order valence-electron chi connectivity index (χ0n) is 11.0. The van der Waals surface area contributed by atoms with Crippen molar-refractivity contribution in [3.63, 3.8) is 0 Å². The van der Waals surface area contributed by atoms with Crippen molar-refractivity contribution in [1.82, 2.24) is 0 Å². The molecule has 96 valence electrons. The normalized spacial score (nSPS) is 30.2. The van der Waals surface area contributed by atoms with E-state index in [9.17, 15) is 9.59 Å². The molecule has 0 N–H and O–H groups in total. The van der Waals surface area contributed by atoms with Gasteiger partial charge in [0.25, 0.3) is 0 Å². The van der Waals surface area contributed by atoms with Gasteiger partial charge in [-0.1, -0.05) is 6.92 Å². The van der Waals surface area contributed by atoms with Crippen molar-refractivity contribution >= 4 is 11.9 Å². The molecule has 1 aliphatic heterocycles. The Morgan fingerprint density at radius 3 is 2.47 bits per heavy atom. The molecular formula is C13H20O4. The summed E-state index contributed by atoms with van der Waals surface area (Å²) in [5, 5.41) is 0. The van der Waals surface area contributed by atoms with Crippen molar-refractivity contribution in [3.05, 3.63) is 0 Å². The largest absolute Gasteiger partial charge is 0.456 e. The number of ether oxygens (including phenoxy) is 2. The fourth-order valence-corrected chi connectivity index (χ4v) is 2.01. The van der Waals surface area contributed by atoms with Gasteiger partial charge >= 0.3 is 11.9 Å². The van der Waals surface area contributed by atoms with Crippen LogP contribution in [-0.4, -0.2) is 23.1 Å². The van der Waals surface area contributed by atoms with Crippen LogP contribution in [0.4, 0.5) is 0 Å². The number of carbonyl (C=O) groups excluding carboxylic acids is 2. The summed E-state index contributed by atoms with van der Waals surface area (Å²) in [5.41, 5.74) is -1.95. The third kappa shape index (κ3) is 2.05. The Bertz CT molecular complexity index is 368. The molecular weight excluding hydrogens is 220 g/mol. The van der Waals surface area contributed by atoms with Gasteiger partial charge in [0.2, 0.25) is 5.60 Å². The smallest absolute Gasteiger partial charge is 0.351 e. The Morgan fingerprint density at radius 1 is 1.47 bits per heavy atom. The van der Waals surface area contributed by atoms with Crippen molar-refractivity contribution in [1.29, 1.82) is 0 Å².